The minimum atomic E-state index is -0.409. The van der Waals surface area contributed by atoms with Crippen LogP contribution in [0.1, 0.15) is 13.3 Å². The largest absolute Gasteiger partial charge is 0.275 e. The van der Waals surface area contributed by atoms with E-state index in [1.807, 2.05) is 13.0 Å². The van der Waals surface area contributed by atoms with Gasteiger partial charge < -0.3 is 0 Å². The third kappa shape index (κ3) is 2.03. The van der Waals surface area contributed by atoms with Crippen LogP contribution in [0.4, 0.5) is 5.69 Å². The van der Waals surface area contributed by atoms with Gasteiger partial charge in [-0.05, 0) is 24.1 Å². The lowest BCUT2D eigenvalue weighted by molar-refractivity contribution is -0.113. The highest BCUT2D eigenvalue weighted by Crippen LogP contribution is 2.40. The SMILES string of the molecule is C=C1C(CC)=C(C#N)C(=O)N1c1cccc(Cl)c1Cl. The Kier molecular flexibility index (Phi) is 3.66. The number of halogens is 2. The van der Waals surface area contributed by atoms with E-state index in [1.54, 1.807) is 18.2 Å². The summed E-state index contributed by atoms with van der Waals surface area (Å²) in [6.45, 7) is 5.75. The number of nitriles is 1. The van der Waals surface area contributed by atoms with Crippen LogP contribution in [0.25, 0.3) is 0 Å². The fourth-order valence-electron chi connectivity index (χ4n) is 2.06. The number of hydrogen-bond acceptors (Lipinski definition) is 2. The maximum absolute atomic E-state index is 12.3. The number of rotatable bonds is 2. The molecule has 1 aromatic rings. The molecule has 0 atom stereocenters. The van der Waals surface area contributed by atoms with Crippen LogP contribution in [0.15, 0.2) is 41.6 Å². The van der Waals surface area contributed by atoms with Crippen molar-refractivity contribution in [2.75, 3.05) is 4.90 Å². The minimum Gasteiger partial charge on any atom is -0.275 e. The van der Waals surface area contributed by atoms with Crippen LogP contribution in [0, 0.1) is 11.3 Å². The second-order valence-electron chi connectivity index (χ2n) is 3.98. The molecule has 1 aliphatic heterocycles. The third-order valence-corrected chi connectivity index (χ3v) is 3.78. The monoisotopic (exact) mass is 292 g/mol. The highest BCUT2D eigenvalue weighted by atomic mass is 35.5. The van der Waals surface area contributed by atoms with Crippen molar-refractivity contribution >= 4 is 34.8 Å². The van der Waals surface area contributed by atoms with E-state index in [0.29, 0.717) is 28.4 Å². The molecular weight excluding hydrogens is 283 g/mol. The van der Waals surface area contributed by atoms with Gasteiger partial charge in [-0.1, -0.05) is 42.8 Å². The normalized spacial score (nSPS) is 15.2. The Morgan fingerprint density at radius 2 is 2.11 bits per heavy atom. The minimum absolute atomic E-state index is 0.114. The molecule has 0 unspecified atom stereocenters. The molecule has 0 bridgehead atoms. The molecule has 0 radical (unpaired) electrons. The number of benzene rings is 1. The van der Waals surface area contributed by atoms with Crippen molar-refractivity contribution in [3.05, 3.63) is 51.7 Å². The number of anilines is 1. The van der Waals surface area contributed by atoms with E-state index in [2.05, 4.69) is 6.58 Å². The first kappa shape index (κ1) is 13.7. The highest BCUT2D eigenvalue weighted by molar-refractivity contribution is 6.44. The zero-order chi connectivity index (χ0) is 14.2. The molecule has 1 aromatic carbocycles. The summed E-state index contributed by atoms with van der Waals surface area (Å²) in [6, 6.07) is 6.93. The van der Waals surface area contributed by atoms with Gasteiger partial charge in [-0.3, -0.25) is 9.69 Å². The van der Waals surface area contributed by atoms with E-state index in [9.17, 15) is 4.79 Å². The Labute approximate surface area is 121 Å². The molecular formula is C14H10Cl2N2O. The first-order valence-corrected chi connectivity index (χ1v) is 6.39. The molecule has 0 N–H and O–H groups in total. The lowest BCUT2D eigenvalue weighted by Gasteiger charge is -2.20. The van der Waals surface area contributed by atoms with Gasteiger partial charge >= 0.3 is 0 Å². The lowest BCUT2D eigenvalue weighted by atomic mass is 10.1. The average molecular weight is 293 g/mol. The molecule has 0 saturated carbocycles. The van der Waals surface area contributed by atoms with Gasteiger partial charge in [0.15, 0.2) is 0 Å². The number of amides is 1. The maximum Gasteiger partial charge on any atom is 0.273 e. The molecule has 0 aromatic heterocycles. The first-order valence-electron chi connectivity index (χ1n) is 5.63. The average Bonchev–Trinajstić information content (AvgIpc) is 2.63. The van der Waals surface area contributed by atoms with Gasteiger partial charge in [-0.2, -0.15) is 5.26 Å². The van der Waals surface area contributed by atoms with Gasteiger partial charge in [0.05, 0.1) is 15.7 Å². The van der Waals surface area contributed by atoms with Crippen molar-refractivity contribution in [1.82, 2.24) is 0 Å². The van der Waals surface area contributed by atoms with E-state index in [-0.39, 0.29) is 10.6 Å². The molecule has 1 heterocycles. The molecule has 5 heteroatoms. The van der Waals surface area contributed by atoms with E-state index in [4.69, 9.17) is 28.5 Å². The van der Waals surface area contributed by atoms with Crippen LogP contribution < -0.4 is 4.90 Å². The maximum atomic E-state index is 12.3. The van der Waals surface area contributed by atoms with Gasteiger partial charge in [-0.15, -0.1) is 0 Å². The molecule has 1 aliphatic rings. The molecule has 1 amide bonds. The number of nitrogens with zero attached hydrogens (tertiary/aromatic N) is 2. The molecule has 19 heavy (non-hydrogen) atoms. The van der Waals surface area contributed by atoms with Crippen LogP contribution >= 0.6 is 23.2 Å². The predicted octanol–water partition coefficient (Wildman–Crippen LogP) is 4.08. The summed E-state index contributed by atoms with van der Waals surface area (Å²) >= 11 is 12.1. The Morgan fingerprint density at radius 1 is 1.42 bits per heavy atom. The Hall–Kier alpha value is -1.76. The molecule has 0 fully saturated rings. The van der Waals surface area contributed by atoms with Crippen molar-refractivity contribution in [2.45, 2.75) is 13.3 Å². The molecule has 96 valence electrons. The fourth-order valence-corrected chi connectivity index (χ4v) is 2.44. The molecule has 0 saturated heterocycles. The quantitative estimate of drug-likeness (QED) is 0.824. The van der Waals surface area contributed by atoms with Crippen LogP contribution in [-0.2, 0) is 4.79 Å². The summed E-state index contributed by atoms with van der Waals surface area (Å²) in [6.07, 6.45) is 0.558. The number of allylic oxidation sites excluding steroid dienone is 1. The number of carbonyl (C=O) groups excluding carboxylic acids is 1. The van der Waals surface area contributed by atoms with E-state index < -0.39 is 5.91 Å². The van der Waals surface area contributed by atoms with E-state index >= 15 is 0 Å². The zero-order valence-electron chi connectivity index (χ0n) is 10.2. The molecule has 0 spiro atoms. The molecule has 0 aliphatic carbocycles. The Balaban J connectivity index is 2.57. The molecule has 3 nitrogen and oxygen atoms in total. The van der Waals surface area contributed by atoms with Crippen molar-refractivity contribution in [2.24, 2.45) is 0 Å². The third-order valence-electron chi connectivity index (χ3n) is 2.97. The summed E-state index contributed by atoms with van der Waals surface area (Å²) in [5, 5.41) is 9.71. The standard InChI is InChI=1S/C14H10Cl2N2O/c1-3-9-8(2)18(14(19)10(9)7-17)12-6-4-5-11(15)13(12)16/h4-6H,2-3H2,1H3. The summed E-state index contributed by atoms with van der Waals surface area (Å²) in [4.78, 5) is 13.6. The lowest BCUT2D eigenvalue weighted by Crippen LogP contribution is -2.25. The first-order chi connectivity index (χ1) is 9.02. The van der Waals surface area contributed by atoms with Gasteiger partial charge in [0, 0.05) is 5.70 Å². The van der Waals surface area contributed by atoms with Crippen molar-refractivity contribution in [1.29, 1.82) is 5.26 Å². The van der Waals surface area contributed by atoms with Crippen molar-refractivity contribution in [3.63, 3.8) is 0 Å². The van der Waals surface area contributed by atoms with Crippen LogP contribution in [0.2, 0.25) is 10.0 Å². The zero-order valence-corrected chi connectivity index (χ0v) is 11.7. The summed E-state index contributed by atoms with van der Waals surface area (Å²) < 4.78 is 0. The van der Waals surface area contributed by atoms with Crippen LogP contribution in [0.5, 0.6) is 0 Å². The summed E-state index contributed by atoms with van der Waals surface area (Å²) in [5.74, 6) is -0.409. The second-order valence-corrected chi connectivity index (χ2v) is 4.76. The topological polar surface area (TPSA) is 44.1 Å². The smallest absolute Gasteiger partial charge is 0.273 e. The van der Waals surface area contributed by atoms with Crippen LogP contribution in [0.3, 0.4) is 0 Å². The Bertz CT molecular complexity index is 656. The van der Waals surface area contributed by atoms with Crippen LogP contribution in [-0.4, -0.2) is 5.91 Å². The Morgan fingerprint density at radius 3 is 2.63 bits per heavy atom. The second kappa shape index (κ2) is 5.08. The fraction of sp³-hybridized carbons (Fsp3) is 0.143. The van der Waals surface area contributed by atoms with E-state index in [1.165, 1.54) is 4.90 Å². The van der Waals surface area contributed by atoms with Gasteiger partial charge in [0.2, 0.25) is 0 Å². The number of carbonyl (C=O) groups is 1. The van der Waals surface area contributed by atoms with Crippen molar-refractivity contribution < 1.29 is 4.79 Å². The van der Waals surface area contributed by atoms with Crippen molar-refractivity contribution in [3.8, 4) is 6.07 Å². The van der Waals surface area contributed by atoms with E-state index in [0.717, 1.165) is 0 Å². The summed E-state index contributed by atoms with van der Waals surface area (Å²) in [7, 11) is 0. The van der Waals surface area contributed by atoms with Gasteiger partial charge in [0.25, 0.3) is 5.91 Å². The predicted molar refractivity (Wildman–Crippen MR) is 76.0 cm³/mol. The van der Waals surface area contributed by atoms with Gasteiger partial charge in [0.1, 0.15) is 11.6 Å². The number of hydrogen-bond donors (Lipinski definition) is 0. The van der Waals surface area contributed by atoms with Gasteiger partial charge in [-0.25, -0.2) is 0 Å². The molecule has 2 rings (SSSR count). The summed E-state index contributed by atoms with van der Waals surface area (Å²) in [5.41, 5.74) is 1.68. The highest BCUT2D eigenvalue weighted by Gasteiger charge is 2.35.